The fraction of sp³-hybridized carbons (Fsp3) is 0.364. The highest BCUT2D eigenvalue weighted by atomic mass is 79.9. The molecule has 0 radical (unpaired) electrons. The molecule has 0 saturated heterocycles. The molecule has 1 aromatic carbocycles. The van der Waals surface area contributed by atoms with Gasteiger partial charge in [0.15, 0.2) is 5.82 Å². The summed E-state index contributed by atoms with van der Waals surface area (Å²) < 4.78 is 14.1. The van der Waals surface area contributed by atoms with Crippen LogP contribution in [-0.2, 0) is 0 Å². The van der Waals surface area contributed by atoms with E-state index in [1.165, 1.54) is 0 Å². The van der Waals surface area contributed by atoms with Crippen molar-refractivity contribution in [3.8, 4) is 6.07 Å². The third kappa shape index (κ3) is 2.52. The number of halogens is 2. The number of anilines is 1. The maximum Gasteiger partial charge on any atom is 0.161 e. The van der Waals surface area contributed by atoms with Gasteiger partial charge in [0.2, 0.25) is 0 Å². The zero-order chi connectivity index (χ0) is 12.1. The number of nitriles is 1. The van der Waals surface area contributed by atoms with Gasteiger partial charge in [-0.15, -0.1) is 0 Å². The van der Waals surface area contributed by atoms with Crippen LogP contribution in [0.25, 0.3) is 0 Å². The molecule has 0 heterocycles. The first-order valence-electron chi connectivity index (χ1n) is 4.89. The van der Waals surface area contributed by atoms with Crippen LogP contribution in [0.5, 0.6) is 0 Å². The standard InChI is InChI=1S/C11H12BrFN2O/c1-2-15(5-6-16)9-4-3-8(7-14)10(12)11(9)13/h3-4,16H,2,5-6H2,1H3. The van der Waals surface area contributed by atoms with Crippen molar-refractivity contribution in [3.63, 3.8) is 0 Å². The van der Waals surface area contributed by atoms with E-state index in [2.05, 4.69) is 15.9 Å². The smallest absolute Gasteiger partial charge is 0.161 e. The van der Waals surface area contributed by atoms with Crippen LogP contribution in [0.3, 0.4) is 0 Å². The van der Waals surface area contributed by atoms with Gasteiger partial charge < -0.3 is 10.0 Å². The van der Waals surface area contributed by atoms with Crippen molar-refractivity contribution in [2.45, 2.75) is 6.92 Å². The molecule has 0 unspecified atom stereocenters. The van der Waals surface area contributed by atoms with Crippen LogP contribution in [-0.4, -0.2) is 24.8 Å². The number of aliphatic hydroxyl groups excluding tert-OH is 1. The van der Waals surface area contributed by atoms with Gasteiger partial charge in [0.05, 0.1) is 22.3 Å². The summed E-state index contributed by atoms with van der Waals surface area (Å²) in [5.41, 5.74) is 0.656. The molecule has 16 heavy (non-hydrogen) atoms. The van der Waals surface area contributed by atoms with Crippen LogP contribution in [0.4, 0.5) is 10.1 Å². The lowest BCUT2D eigenvalue weighted by molar-refractivity contribution is 0.302. The van der Waals surface area contributed by atoms with E-state index in [0.29, 0.717) is 18.8 Å². The van der Waals surface area contributed by atoms with E-state index < -0.39 is 5.82 Å². The van der Waals surface area contributed by atoms with Crippen molar-refractivity contribution < 1.29 is 9.50 Å². The molecule has 0 aliphatic carbocycles. The van der Waals surface area contributed by atoms with Crippen molar-refractivity contribution in [3.05, 3.63) is 28.0 Å². The minimum Gasteiger partial charge on any atom is -0.395 e. The van der Waals surface area contributed by atoms with Crippen LogP contribution in [0.1, 0.15) is 12.5 Å². The minimum absolute atomic E-state index is 0.0368. The summed E-state index contributed by atoms with van der Waals surface area (Å²) in [4.78, 5) is 1.71. The molecule has 0 aromatic heterocycles. The van der Waals surface area contributed by atoms with Gasteiger partial charge in [-0.25, -0.2) is 4.39 Å². The summed E-state index contributed by atoms with van der Waals surface area (Å²) in [5, 5.41) is 17.6. The molecule has 0 aliphatic heterocycles. The largest absolute Gasteiger partial charge is 0.395 e. The Kier molecular flexibility index (Phi) is 4.71. The Morgan fingerprint density at radius 2 is 2.25 bits per heavy atom. The molecule has 86 valence electrons. The van der Waals surface area contributed by atoms with Crippen molar-refractivity contribution >= 4 is 21.6 Å². The van der Waals surface area contributed by atoms with Gasteiger partial charge in [0.25, 0.3) is 0 Å². The average Bonchev–Trinajstić information content (AvgIpc) is 2.30. The first-order chi connectivity index (χ1) is 7.65. The second kappa shape index (κ2) is 5.83. The highest BCUT2D eigenvalue weighted by molar-refractivity contribution is 9.10. The molecule has 0 spiro atoms. The molecule has 0 saturated carbocycles. The summed E-state index contributed by atoms with van der Waals surface area (Å²) in [5.74, 6) is -0.464. The van der Waals surface area contributed by atoms with E-state index in [1.807, 2.05) is 13.0 Å². The molecule has 0 fully saturated rings. The van der Waals surface area contributed by atoms with E-state index in [9.17, 15) is 4.39 Å². The maximum absolute atomic E-state index is 13.9. The number of hydrogen-bond acceptors (Lipinski definition) is 3. The van der Waals surface area contributed by atoms with Gasteiger partial charge in [-0.05, 0) is 35.0 Å². The van der Waals surface area contributed by atoms with Crippen LogP contribution >= 0.6 is 15.9 Å². The molecule has 0 aliphatic rings. The molecular weight excluding hydrogens is 275 g/mol. The molecule has 1 N–H and O–H groups in total. The Hall–Kier alpha value is -1.12. The van der Waals surface area contributed by atoms with Gasteiger partial charge in [-0.2, -0.15) is 5.26 Å². The number of likely N-dealkylation sites (N-methyl/N-ethyl adjacent to an activating group) is 1. The number of rotatable bonds is 4. The van der Waals surface area contributed by atoms with Crippen molar-refractivity contribution in [2.24, 2.45) is 0 Å². The Labute approximate surface area is 102 Å². The summed E-state index contributed by atoms with van der Waals surface area (Å²) in [6, 6.07) is 5.01. The number of benzene rings is 1. The summed E-state index contributed by atoms with van der Waals surface area (Å²) in [6.07, 6.45) is 0. The maximum atomic E-state index is 13.9. The van der Waals surface area contributed by atoms with Gasteiger partial charge in [-0.1, -0.05) is 0 Å². The zero-order valence-electron chi connectivity index (χ0n) is 8.87. The van der Waals surface area contributed by atoms with Crippen molar-refractivity contribution in [1.82, 2.24) is 0 Å². The fourth-order valence-corrected chi connectivity index (χ4v) is 1.86. The molecule has 0 atom stereocenters. The van der Waals surface area contributed by atoms with E-state index >= 15 is 0 Å². The second-order valence-electron chi connectivity index (χ2n) is 3.18. The normalized spacial score (nSPS) is 9.94. The zero-order valence-corrected chi connectivity index (χ0v) is 10.5. The molecular formula is C11H12BrFN2O. The van der Waals surface area contributed by atoms with Crippen molar-refractivity contribution in [1.29, 1.82) is 5.26 Å². The Morgan fingerprint density at radius 1 is 1.56 bits per heavy atom. The van der Waals surface area contributed by atoms with Crippen LogP contribution in [0.15, 0.2) is 16.6 Å². The van der Waals surface area contributed by atoms with Crippen molar-refractivity contribution in [2.75, 3.05) is 24.6 Å². The Morgan fingerprint density at radius 3 is 2.75 bits per heavy atom. The highest BCUT2D eigenvalue weighted by Crippen LogP contribution is 2.28. The number of nitrogens with zero attached hydrogens (tertiary/aromatic N) is 2. The lowest BCUT2D eigenvalue weighted by Gasteiger charge is -2.23. The molecule has 1 aromatic rings. The van der Waals surface area contributed by atoms with Gasteiger partial charge in [0, 0.05) is 13.1 Å². The van der Waals surface area contributed by atoms with Gasteiger partial charge in [-0.3, -0.25) is 0 Å². The topological polar surface area (TPSA) is 47.3 Å². The summed E-state index contributed by atoms with van der Waals surface area (Å²) >= 11 is 3.05. The van der Waals surface area contributed by atoms with E-state index in [4.69, 9.17) is 10.4 Å². The quantitative estimate of drug-likeness (QED) is 0.924. The molecule has 0 bridgehead atoms. The molecule has 1 rings (SSSR count). The summed E-state index contributed by atoms with van der Waals surface area (Å²) in [6.45, 7) is 2.80. The Bertz CT molecular complexity index is 417. The molecule has 0 amide bonds. The molecule has 5 heteroatoms. The lowest BCUT2D eigenvalue weighted by Crippen LogP contribution is -2.27. The summed E-state index contributed by atoms with van der Waals surface area (Å²) in [7, 11) is 0. The van der Waals surface area contributed by atoms with Gasteiger partial charge in [0.1, 0.15) is 6.07 Å². The van der Waals surface area contributed by atoms with E-state index in [-0.39, 0.29) is 16.6 Å². The van der Waals surface area contributed by atoms with Crippen LogP contribution in [0.2, 0.25) is 0 Å². The molecule has 3 nitrogen and oxygen atoms in total. The third-order valence-corrected chi connectivity index (χ3v) is 3.05. The minimum atomic E-state index is -0.464. The van der Waals surface area contributed by atoms with Crippen LogP contribution < -0.4 is 4.90 Å². The number of hydrogen-bond donors (Lipinski definition) is 1. The lowest BCUT2D eigenvalue weighted by atomic mass is 10.2. The van der Waals surface area contributed by atoms with Crippen LogP contribution in [0, 0.1) is 17.1 Å². The van der Waals surface area contributed by atoms with E-state index in [1.54, 1.807) is 17.0 Å². The van der Waals surface area contributed by atoms with Gasteiger partial charge >= 0.3 is 0 Å². The fourth-order valence-electron chi connectivity index (χ4n) is 1.44. The van der Waals surface area contributed by atoms with E-state index in [0.717, 1.165) is 0 Å². The second-order valence-corrected chi connectivity index (χ2v) is 3.97. The highest BCUT2D eigenvalue weighted by Gasteiger charge is 2.15. The SMILES string of the molecule is CCN(CCO)c1ccc(C#N)c(Br)c1F. The Balaban J connectivity index is 3.16. The monoisotopic (exact) mass is 286 g/mol. The third-order valence-electron chi connectivity index (χ3n) is 2.27. The predicted molar refractivity (Wildman–Crippen MR) is 63.8 cm³/mol. The number of aliphatic hydroxyl groups is 1. The average molecular weight is 287 g/mol. The first kappa shape index (κ1) is 12.9. The predicted octanol–water partition coefficient (Wildman–Crippen LogP) is 2.28. The first-order valence-corrected chi connectivity index (χ1v) is 5.68.